The van der Waals surface area contributed by atoms with Gasteiger partial charge in [-0.05, 0) is 48.2 Å². The number of aromatic nitrogens is 3. The summed E-state index contributed by atoms with van der Waals surface area (Å²) in [6.07, 6.45) is 8.86. The van der Waals surface area contributed by atoms with Crippen molar-refractivity contribution in [1.29, 1.82) is 0 Å². The lowest BCUT2D eigenvalue weighted by atomic mass is 10.0. The second-order valence-corrected chi connectivity index (χ2v) is 7.48. The number of nitrogens with one attached hydrogen (secondary N) is 2. The van der Waals surface area contributed by atoms with Gasteiger partial charge in [0, 0.05) is 32.4 Å². The topological polar surface area (TPSA) is 92.1 Å². The number of aryl methyl sites for hydroxylation is 1. The Morgan fingerprint density at radius 1 is 1.06 bits per heavy atom. The molecule has 0 fully saturated rings. The molecule has 164 valence electrons. The zero-order valence-electron chi connectivity index (χ0n) is 17.6. The molecule has 0 bridgehead atoms. The Kier molecular flexibility index (Phi) is 8.12. The minimum absolute atomic E-state index is 0.257. The number of carbonyl (C=O) groups excluding carboxylic acids is 1. The van der Waals surface area contributed by atoms with Gasteiger partial charge < -0.3 is 5.32 Å². The first-order chi connectivity index (χ1) is 15.1. The number of amides is 1. The number of carbonyl (C=O) groups is 1. The summed E-state index contributed by atoms with van der Waals surface area (Å²) in [5, 5.41) is 16.4. The molecule has 0 unspecified atom stereocenters. The van der Waals surface area contributed by atoms with E-state index in [-0.39, 0.29) is 11.7 Å². The number of unbranched alkanes of at least 4 members (excludes halogenated alkanes) is 4. The van der Waals surface area contributed by atoms with Gasteiger partial charge >= 0.3 is 0 Å². The molecule has 0 saturated heterocycles. The molecule has 3 rings (SSSR count). The van der Waals surface area contributed by atoms with Gasteiger partial charge in [0.2, 0.25) is 5.91 Å². The molecule has 0 saturated carbocycles. The molecule has 0 aliphatic heterocycles. The lowest BCUT2D eigenvalue weighted by molar-refractivity contribution is -0.129. The van der Waals surface area contributed by atoms with Gasteiger partial charge in [0.1, 0.15) is 5.82 Å². The van der Waals surface area contributed by atoms with Gasteiger partial charge in [-0.25, -0.2) is 9.87 Å². The largest absolute Gasteiger partial charge is 0.368 e. The number of halogens is 1. The lowest BCUT2D eigenvalue weighted by Gasteiger charge is -2.08. The molecule has 0 spiro atoms. The number of nitrogens with zero attached hydrogens (tertiary/aromatic N) is 3. The second kappa shape index (κ2) is 11.2. The fourth-order valence-corrected chi connectivity index (χ4v) is 3.41. The van der Waals surface area contributed by atoms with Crippen LogP contribution in [0.4, 0.5) is 10.2 Å². The summed E-state index contributed by atoms with van der Waals surface area (Å²) in [6, 6.07) is 10.3. The normalized spacial score (nSPS) is 10.8. The van der Waals surface area contributed by atoms with E-state index in [1.165, 1.54) is 12.1 Å². The summed E-state index contributed by atoms with van der Waals surface area (Å²) >= 11 is 0. The molecule has 8 heteroatoms. The predicted octanol–water partition coefficient (Wildman–Crippen LogP) is 4.55. The van der Waals surface area contributed by atoms with E-state index in [1.807, 2.05) is 25.4 Å². The van der Waals surface area contributed by atoms with Crippen molar-refractivity contribution in [1.82, 2.24) is 20.2 Å². The number of anilines is 1. The third-order valence-corrected chi connectivity index (χ3v) is 5.04. The number of benzene rings is 1. The molecular weight excluding hydrogens is 397 g/mol. The van der Waals surface area contributed by atoms with Crippen LogP contribution in [-0.2, 0) is 11.8 Å². The molecule has 3 N–H and O–H groups in total. The molecule has 0 aliphatic rings. The molecule has 3 aromatic rings. The van der Waals surface area contributed by atoms with Crippen LogP contribution in [0.1, 0.15) is 38.5 Å². The van der Waals surface area contributed by atoms with E-state index in [2.05, 4.69) is 15.4 Å². The Hall–Kier alpha value is -3.26. The van der Waals surface area contributed by atoms with Crippen LogP contribution in [0.25, 0.3) is 22.4 Å². The van der Waals surface area contributed by atoms with Crippen LogP contribution >= 0.6 is 0 Å². The van der Waals surface area contributed by atoms with Crippen molar-refractivity contribution in [2.45, 2.75) is 38.5 Å². The second-order valence-electron chi connectivity index (χ2n) is 7.48. The fourth-order valence-electron chi connectivity index (χ4n) is 3.41. The number of hydrogen-bond acceptors (Lipinski definition) is 5. The van der Waals surface area contributed by atoms with Crippen molar-refractivity contribution in [3.8, 4) is 22.4 Å². The summed E-state index contributed by atoms with van der Waals surface area (Å²) in [4.78, 5) is 15.5. The van der Waals surface area contributed by atoms with Crippen molar-refractivity contribution in [2.24, 2.45) is 7.05 Å². The molecular formula is C23H28FN5O2. The Labute approximate surface area is 181 Å². The predicted molar refractivity (Wildman–Crippen MR) is 118 cm³/mol. The highest BCUT2D eigenvalue weighted by molar-refractivity contribution is 5.76. The number of rotatable bonds is 11. The zero-order chi connectivity index (χ0) is 22.1. The maximum atomic E-state index is 13.2. The standard InChI is InChI=1S/C23H28FN5O2/c1-29-16-20(21-15-18(12-14-25-21)17-8-10-19(24)11-9-17)23(27-29)26-13-6-4-2-3-5-7-22(30)28-31/h8-12,14-16,31H,2-7,13H2,1H3,(H,26,27)(H,28,30). The summed E-state index contributed by atoms with van der Waals surface area (Å²) in [5.41, 5.74) is 5.27. The molecule has 0 aliphatic carbocycles. The minimum Gasteiger partial charge on any atom is -0.368 e. The first-order valence-corrected chi connectivity index (χ1v) is 10.5. The van der Waals surface area contributed by atoms with E-state index < -0.39 is 0 Å². The van der Waals surface area contributed by atoms with Gasteiger partial charge in [0.05, 0.1) is 11.3 Å². The molecule has 7 nitrogen and oxygen atoms in total. The Bertz CT molecular complexity index is 988. The van der Waals surface area contributed by atoms with Crippen LogP contribution in [0.3, 0.4) is 0 Å². The van der Waals surface area contributed by atoms with Crippen LogP contribution in [-0.4, -0.2) is 32.4 Å². The molecule has 0 atom stereocenters. The van der Waals surface area contributed by atoms with Gasteiger partial charge in [-0.3, -0.25) is 19.7 Å². The van der Waals surface area contributed by atoms with E-state index in [1.54, 1.807) is 28.5 Å². The molecule has 31 heavy (non-hydrogen) atoms. The Balaban J connectivity index is 1.55. The monoisotopic (exact) mass is 425 g/mol. The number of hydroxylamine groups is 1. The fraction of sp³-hybridized carbons (Fsp3) is 0.348. The van der Waals surface area contributed by atoms with Crippen molar-refractivity contribution in [3.05, 3.63) is 54.6 Å². The highest BCUT2D eigenvalue weighted by Gasteiger charge is 2.12. The molecule has 2 heterocycles. The van der Waals surface area contributed by atoms with E-state index in [4.69, 9.17) is 5.21 Å². The van der Waals surface area contributed by atoms with E-state index in [9.17, 15) is 9.18 Å². The van der Waals surface area contributed by atoms with E-state index >= 15 is 0 Å². The van der Waals surface area contributed by atoms with Gasteiger partial charge in [0.25, 0.3) is 0 Å². The summed E-state index contributed by atoms with van der Waals surface area (Å²) < 4.78 is 15.0. The van der Waals surface area contributed by atoms with Gasteiger partial charge in [-0.2, -0.15) is 5.10 Å². The quantitative estimate of drug-likeness (QED) is 0.238. The van der Waals surface area contributed by atoms with Crippen molar-refractivity contribution in [3.63, 3.8) is 0 Å². The Morgan fingerprint density at radius 2 is 1.81 bits per heavy atom. The highest BCUT2D eigenvalue weighted by Crippen LogP contribution is 2.29. The Morgan fingerprint density at radius 3 is 2.58 bits per heavy atom. The number of hydrogen-bond donors (Lipinski definition) is 3. The maximum Gasteiger partial charge on any atom is 0.243 e. The van der Waals surface area contributed by atoms with Crippen LogP contribution in [0.15, 0.2) is 48.8 Å². The van der Waals surface area contributed by atoms with Gasteiger partial charge in [-0.1, -0.05) is 31.4 Å². The third kappa shape index (κ3) is 6.62. The third-order valence-electron chi connectivity index (χ3n) is 5.04. The summed E-state index contributed by atoms with van der Waals surface area (Å²) in [7, 11) is 1.88. The van der Waals surface area contributed by atoms with E-state index in [0.717, 1.165) is 66.9 Å². The summed E-state index contributed by atoms with van der Waals surface area (Å²) in [5.74, 6) is 0.194. The average molecular weight is 426 g/mol. The molecule has 0 radical (unpaired) electrons. The number of pyridine rings is 1. The van der Waals surface area contributed by atoms with Gasteiger partial charge in [0.15, 0.2) is 5.82 Å². The zero-order valence-corrected chi connectivity index (χ0v) is 17.6. The molecule has 1 amide bonds. The summed E-state index contributed by atoms with van der Waals surface area (Å²) in [6.45, 7) is 0.790. The maximum absolute atomic E-state index is 13.2. The van der Waals surface area contributed by atoms with Crippen molar-refractivity contribution in [2.75, 3.05) is 11.9 Å². The minimum atomic E-state index is -0.332. The van der Waals surface area contributed by atoms with Crippen LogP contribution in [0, 0.1) is 5.82 Å². The SMILES string of the molecule is Cn1cc(-c2cc(-c3ccc(F)cc3)ccn2)c(NCCCCCCCC(=O)NO)n1. The van der Waals surface area contributed by atoms with Crippen LogP contribution in [0.5, 0.6) is 0 Å². The van der Waals surface area contributed by atoms with Crippen LogP contribution < -0.4 is 10.8 Å². The van der Waals surface area contributed by atoms with E-state index in [0.29, 0.717) is 6.42 Å². The average Bonchev–Trinajstić information content (AvgIpc) is 3.16. The first kappa shape index (κ1) is 22.4. The highest BCUT2D eigenvalue weighted by atomic mass is 19.1. The smallest absolute Gasteiger partial charge is 0.243 e. The van der Waals surface area contributed by atoms with Gasteiger partial charge in [-0.15, -0.1) is 0 Å². The lowest BCUT2D eigenvalue weighted by Crippen LogP contribution is -2.17. The van der Waals surface area contributed by atoms with Crippen LogP contribution in [0.2, 0.25) is 0 Å². The van der Waals surface area contributed by atoms with Crippen molar-refractivity contribution >= 4 is 11.7 Å². The molecule has 1 aromatic carbocycles. The first-order valence-electron chi connectivity index (χ1n) is 10.5. The molecule has 2 aromatic heterocycles. The van der Waals surface area contributed by atoms with Crippen molar-refractivity contribution < 1.29 is 14.4 Å².